The van der Waals surface area contributed by atoms with E-state index < -0.39 is 17.4 Å². The number of hydrogen-bond acceptors (Lipinski definition) is 7. The third kappa shape index (κ3) is 6.33. The molecule has 5 rings (SSSR count). The van der Waals surface area contributed by atoms with E-state index in [2.05, 4.69) is 4.98 Å². The number of para-hydroxylation sites is 3. The standard InChI is InChI=1S/C31H33N5O5/c1-33-29-28(30(38)34(2)31(33)39)36(22-32-29)18-17-35(24-13-7-4-8-14-24)19-25(37)21-41-27-16-10-9-15-26(27)40-20-23-11-5-3-6-12-23/h3-16,22,25,37H,17-21H2,1-2H3. The summed E-state index contributed by atoms with van der Waals surface area (Å²) in [5.74, 6) is 1.16. The minimum absolute atomic E-state index is 0.0612. The molecular weight excluding hydrogens is 522 g/mol. The first kappa shape index (κ1) is 27.7. The molecule has 0 aliphatic carbocycles. The van der Waals surface area contributed by atoms with Crippen molar-refractivity contribution in [3.8, 4) is 11.5 Å². The van der Waals surface area contributed by atoms with Crippen LogP contribution in [0.2, 0.25) is 0 Å². The summed E-state index contributed by atoms with van der Waals surface area (Å²) in [5.41, 5.74) is 1.85. The maximum absolute atomic E-state index is 12.9. The van der Waals surface area contributed by atoms with Crippen LogP contribution in [0.25, 0.3) is 11.2 Å². The lowest BCUT2D eigenvalue weighted by Crippen LogP contribution is -2.39. The molecule has 0 aliphatic rings. The minimum Gasteiger partial charge on any atom is -0.487 e. The van der Waals surface area contributed by atoms with Crippen molar-refractivity contribution in [3.63, 3.8) is 0 Å². The highest BCUT2D eigenvalue weighted by atomic mass is 16.5. The van der Waals surface area contributed by atoms with Gasteiger partial charge in [-0.15, -0.1) is 0 Å². The number of rotatable bonds is 12. The van der Waals surface area contributed by atoms with Gasteiger partial charge in [0.25, 0.3) is 5.56 Å². The first-order valence-corrected chi connectivity index (χ1v) is 13.4. The Morgan fingerprint density at radius 1 is 0.854 bits per heavy atom. The maximum atomic E-state index is 12.9. The molecule has 0 spiro atoms. The van der Waals surface area contributed by atoms with Gasteiger partial charge in [0.1, 0.15) is 19.3 Å². The molecule has 0 bridgehead atoms. The van der Waals surface area contributed by atoms with Crippen LogP contribution < -0.4 is 25.6 Å². The van der Waals surface area contributed by atoms with Crippen molar-refractivity contribution in [2.45, 2.75) is 19.3 Å². The molecule has 1 N–H and O–H groups in total. The van der Waals surface area contributed by atoms with Crippen LogP contribution in [0.3, 0.4) is 0 Å². The van der Waals surface area contributed by atoms with Crippen molar-refractivity contribution in [1.82, 2.24) is 18.7 Å². The van der Waals surface area contributed by atoms with Gasteiger partial charge in [-0.2, -0.15) is 0 Å². The van der Waals surface area contributed by atoms with Crippen LogP contribution in [0.4, 0.5) is 5.69 Å². The lowest BCUT2D eigenvalue weighted by Gasteiger charge is -2.28. The molecule has 10 heteroatoms. The molecule has 10 nitrogen and oxygen atoms in total. The quantitative estimate of drug-likeness (QED) is 0.253. The molecule has 0 amide bonds. The van der Waals surface area contributed by atoms with Crippen LogP contribution in [-0.4, -0.2) is 49.6 Å². The third-order valence-electron chi connectivity index (χ3n) is 6.90. The van der Waals surface area contributed by atoms with Gasteiger partial charge in [0, 0.05) is 39.4 Å². The van der Waals surface area contributed by atoms with E-state index in [1.807, 2.05) is 89.8 Å². The van der Waals surface area contributed by atoms with E-state index >= 15 is 0 Å². The van der Waals surface area contributed by atoms with E-state index in [-0.39, 0.29) is 6.61 Å². The fourth-order valence-corrected chi connectivity index (χ4v) is 4.68. The number of benzene rings is 3. The lowest BCUT2D eigenvalue weighted by molar-refractivity contribution is 0.109. The number of nitrogens with zero attached hydrogens (tertiary/aromatic N) is 5. The maximum Gasteiger partial charge on any atom is 0.332 e. The van der Waals surface area contributed by atoms with Gasteiger partial charge in [-0.25, -0.2) is 9.78 Å². The predicted octanol–water partition coefficient (Wildman–Crippen LogP) is 2.96. The smallest absolute Gasteiger partial charge is 0.332 e. The molecule has 2 aromatic heterocycles. The summed E-state index contributed by atoms with van der Waals surface area (Å²) in [6, 6.07) is 27.0. The first-order valence-electron chi connectivity index (χ1n) is 13.4. The van der Waals surface area contributed by atoms with E-state index in [4.69, 9.17) is 9.47 Å². The lowest BCUT2D eigenvalue weighted by atomic mass is 10.2. The van der Waals surface area contributed by atoms with Crippen molar-refractivity contribution in [2.75, 3.05) is 24.6 Å². The highest BCUT2D eigenvalue weighted by Gasteiger charge is 2.18. The average molecular weight is 556 g/mol. The van der Waals surface area contributed by atoms with Gasteiger partial charge >= 0.3 is 5.69 Å². The van der Waals surface area contributed by atoms with E-state index in [9.17, 15) is 14.7 Å². The fourth-order valence-electron chi connectivity index (χ4n) is 4.68. The van der Waals surface area contributed by atoms with Gasteiger partial charge in [0.15, 0.2) is 22.7 Å². The summed E-state index contributed by atoms with van der Waals surface area (Å²) in [6.07, 6.45) is 0.756. The largest absolute Gasteiger partial charge is 0.487 e. The van der Waals surface area contributed by atoms with E-state index in [1.54, 1.807) is 17.9 Å². The monoisotopic (exact) mass is 555 g/mol. The molecule has 0 radical (unpaired) electrons. The van der Waals surface area contributed by atoms with Crippen molar-refractivity contribution in [2.24, 2.45) is 14.1 Å². The van der Waals surface area contributed by atoms with E-state index in [0.717, 1.165) is 15.8 Å². The Balaban J connectivity index is 1.27. The molecule has 0 saturated carbocycles. The first-order chi connectivity index (χ1) is 19.9. The summed E-state index contributed by atoms with van der Waals surface area (Å²) in [6.45, 7) is 1.66. The van der Waals surface area contributed by atoms with Gasteiger partial charge in [-0.1, -0.05) is 60.7 Å². The third-order valence-corrected chi connectivity index (χ3v) is 6.90. The molecule has 1 atom stereocenters. The summed E-state index contributed by atoms with van der Waals surface area (Å²) >= 11 is 0. The summed E-state index contributed by atoms with van der Waals surface area (Å²) in [7, 11) is 3.05. The van der Waals surface area contributed by atoms with E-state index in [1.165, 1.54) is 11.6 Å². The Bertz CT molecular complexity index is 1710. The highest BCUT2D eigenvalue weighted by molar-refractivity contribution is 5.70. The van der Waals surface area contributed by atoms with Gasteiger partial charge in [-0.05, 0) is 29.8 Å². The van der Waals surface area contributed by atoms with Crippen LogP contribution in [0.5, 0.6) is 11.5 Å². The van der Waals surface area contributed by atoms with Gasteiger partial charge in [0.05, 0.1) is 6.33 Å². The molecule has 2 heterocycles. The fraction of sp³-hybridized carbons (Fsp3) is 0.258. The molecule has 0 saturated heterocycles. The molecule has 0 aliphatic heterocycles. The number of aliphatic hydroxyl groups excluding tert-OH is 1. The summed E-state index contributed by atoms with van der Waals surface area (Å²) in [4.78, 5) is 31.5. The molecule has 0 fully saturated rings. The van der Waals surface area contributed by atoms with Crippen LogP contribution >= 0.6 is 0 Å². The molecule has 212 valence electrons. The number of aryl methyl sites for hydroxylation is 1. The average Bonchev–Trinajstić information content (AvgIpc) is 3.44. The SMILES string of the molecule is Cn1c(=O)c2c(ncn2CCN(CC(O)COc2ccccc2OCc2ccccc2)c2ccccc2)n(C)c1=O. The Morgan fingerprint density at radius 3 is 2.20 bits per heavy atom. The number of aliphatic hydroxyl groups is 1. The number of hydrogen-bond donors (Lipinski definition) is 1. The topological polar surface area (TPSA) is 104 Å². The number of ether oxygens (including phenoxy) is 2. The van der Waals surface area contributed by atoms with Gasteiger partial charge < -0.3 is 24.0 Å². The molecule has 41 heavy (non-hydrogen) atoms. The molecule has 1 unspecified atom stereocenters. The highest BCUT2D eigenvalue weighted by Crippen LogP contribution is 2.27. The van der Waals surface area contributed by atoms with Crippen LogP contribution in [0, 0.1) is 0 Å². The Hall–Kier alpha value is -4.83. The normalized spacial score (nSPS) is 11.9. The minimum atomic E-state index is -0.814. The Kier molecular flexibility index (Phi) is 8.50. The number of fused-ring (bicyclic) bond motifs is 1. The predicted molar refractivity (Wildman–Crippen MR) is 158 cm³/mol. The van der Waals surface area contributed by atoms with Crippen molar-refractivity contribution in [1.29, 1.82) is 0 Å². The molecule has 5 aromatic rings. The van der Waals surface area contributed by atoms with Crippen molar-refractivity contribution in [3.05, 3.63) is 118 Å². The second kappa shape index (κ2) is 12.6. The molecular formula is C31H33N5O5. The zero-order valence-electron chi connectivity index (χ0n) is 23.1. The van der Waals surface area contributed by atoms with Crippen LogP contribution in [0.1, 0.15) is 5.56 Å². The van der Waals surface area contributed by atoms with Crippen molar-refractivity contribution < 1.29 is 14.6 Å². The zero-order valence-corrected chi connectivity index (χ0v) is 23.1. The second-order valence-corrected chi connectivity index (χ2v) is 9.78. The summed E-state index contributed by atoms with van der Waals surface area (Å²) in [5, 5.41) is 11.0. The van der Waals surface area contributed by atoms with Gasteiger partial charge in [-0.3, -0.25) is 13.9 Å². The van der Waals surface area contributed by atoms with E-state index in [0.29, 0.717) is 48.9 Å². The number of imidazole rings is 1. The van der Waals surface area contributed by atoms with Crippen LogP contribution in [0.15, 0.2) is 101 Å². The molecule has 3 aromatic carbocycles. The summed E-state index contributed by atoms with van der Waals surface area (Å²) < 4.78 is 16.2. The van der Waals surface area contributed by atoms with Gasteiger partial charge in [0.2, 0.25) is 0 Å². The number of anilines is 1. The Morgan fingerprint density at radius 2 is 1.49 bits per heavy atom. The zero-order chi connectivity index (χ0) is 28.8. The number of aromatic nitrogens is 4. The van der Waals surface area contributed by atoms with Crippen LogP contribution in [-0.2, 0) is 27.2 Å². The van der Waals surface area contributed by atoms with Crippen molar-refractivity contribution >= 4 is 16.9 Å². The Labute approximate surface area is 237 Å². The second-order valence-electron chi connectivity index (χ2n) is 9.78.